The molecule has 9 heteroatoms. The molecule has 2 N–H and O–H groups in total. The second-order valence-corrected chi connectivity index (χ2v) is 12.0. The number of carbonyl (C=O) groups excluding carboxylic acids is 2. The molecule has 0 bridgehead atoms. The van der Waals surface area contributed by atoms with E-state index in [4.69, 9.17) is 4.74 Å². The van der Waals surface area contributed by atoms with Crippen molar-refractivity contribution in [2.75, 3.05) is 35.2 Å². The number of hydrogen-bond donors (Lipinski definition) is 2. The molecule has 1 aromatic heterocycles. The Morgan fingerprint density at radius 3 is 2.20 bits per heavy atom. The summed E-state index contributed by atoms with van der Waals surface area (Å²) >= 11 is 1.40. The van der Waals surface area contributed by atoms with Crippen LogP contribution < -0.4 is 15.4 Å². The van der Waals surface area contributed by atoms with Crippen molar-refractivity contribution >= 4 is 44.8 Å². The van der Waals surface area contributed by atoms with Crippen molar-refractivity contribution in [3.8, 4) is 11.5 Å². The van der Waals surface area contributed by atoms with E-state index in [1.54, 1.807) is 29.2 Å². The standard InChI is InChI=1S/C26H29N3O4S2/c1-26(2,3)22-17-21(24(30)29-13-15-35(32)16-14-29)23(34-22)28-25(31)27-18-9-11-20(12-10-18)33-19-7-5-4-6-8-19/h4-12,17H,13-16H2,1-3H3,(H2,27,28,31). The minimum Gasteiger partial charge on any atom is -0.457 e. The molecule has 0 saturated carbocycles. The summed E-state index contributed by atoms with van der Waals surface area (Å²) in [6, 6.07) is 18.0. The highest BCUT2D eigenvalue weighted by Crippen LogP contribution is 2.37. The second kappa shape index (κ2) is 10.6. The number of nitrogens with zero attached hydrogens (tertiary/aromatic N) is 1. The zero-order valence-corrected chi connectivity index (χ0v) is 21.6. The number of urea groups is 1. The summed E-state index contributed by atoms with van der Waals surface area (Å²) in [7, 11) is -0.873. The van der Waals surface area contributed by atoms with Crippen molar-refractivity contribution in [1.82, 2.24) is 4.90 Å². The number of thiophene rings is 1. The van der Waals surface area contributed by atoms with Crippen molar-refractivity contribution in [1.29, 1.82) is 0 Å². The third kappa shape index (κ3) is 6.49. The molecule has 7 nitrogen and oxygen atoms in total. The lowest BCUT2D eigenvalue weighted by atomic mass is 9.94. The van der Waals surface area contributed by atoms with Crippen LogP contribution in [0.15, 0.2) is 60.7 Å². The van der Waals surface area contributed by atoms with Crippen LogP contribution in [0.5, 0.6) is 11.5 Å². The number of benzene rings is 2. The number of para-hydroxylation sites is 1. The molecule has 4 rings (SSSR count). The molecule has 1 aliphatic rings. The molecular weight excluding hydrogens is 482 g/mol. The van der Waals surface area contributed by atoms with Gasteiger partial charge in [0.15, 0.2) is 0 Å². The van der Waals surface area contributed by atoms with Gasteiger partial charge in [-0.25, -0.2) is 4.79 Å². The summed E-state index contributed by atoms with van der Waals surface area (Å²) < 4.78 is 17.5. The van der Waals surface area contributed by atoms with E-state index in [9.17, 15) is 13.8 Å². The van der Waals surface area contributed by atoms with E-state index in [1.165, 1.54) is 11.3 Å². The summed E-state index contributed by atoms with van der Waals surface area (Å²) in [5.41, 5.74) is 0.893. The Balaban J connectivity index is 1.45. The first kappa shape index (κ1) is 24.9. The first-order chi connectivity index (χ1) is 16.7. The van der Waals surface area contributed by atoms with Gasteiger partial charge in [-0.1, -0.05) is 39.0 Å². The predicted molar refractivity (Wildman–Crippen MR) is 142 cm³/mol. The Morgan fingerprint density at radius 2 is 1.57 bits per heavy atom. The monoisotopic (exact) mass is 511 g/mol. The molecule has 0 unspecified atom stereocenters. The number of hydrogen-bond acceptors (Lipinski definition) is 5. The van der Waals surface area contributed by atoms with E-state index in [1.807, 2.05) is 36.4 Å². The van der Waals surface area contributed by atoms with E-state index in [0.29, 0.717) is 46.6 Å². The van der Waals surface area contributed by atoms with E-state index >= 15 is 0 Å². The molecule has 1 aliphatic heterocycles. The normalized spacial score (nSPS) is 14.4. The predicted octanol–water partition coefficient (Wildman–Crippen LogP) is 5.69. The quantitative estimate of drug-likeness (QED) is 0.461. The van der Waals surface area contributed by atoms with Gasteiger partial charge in [-0.05, 0) is 47.9 Å². The second-order valence-electron chi connectivity index (χ2n) is 9.26. The van der Waals surface area contributed by atoms with Crippen LogP contribution in [0.2, 0.25) is 0 Å². The van der Waals surface area contributed by atoms with Gasteiger partial charge in [0.1, 0.15) is 16.5 Å². The van der Waals surface area contributed by atoms with Gasteiger partial charge in [0.25, 0.3) is 5.91 Å². The van der Waals surface area contributed by atoms with Crippen LogP contribution in [0.3, 0.4) is 0 Å². The third-order valence-electron chi connectivity index (χ3n) is 5.48. The third-order valence-corrected chi connectivity index (χ3v) is 8.24. The fourth-order valence-corrected chi connectivity index (χ4v) is 5.68. The SMILES string of the molecule is CC(C)(C)c1cc(C(=O)N2CCS(=O)CC2)c(NC(=O)Nc2ccc(Oc3ccccc3)cc2)s1. The fourth-order valence-electron chi connectivity index (χ4n) is 3.52. The summed E-state index contributed by atoms with van der Waals surface area (Å²) in [6.45, 7) is 7.12. The van der Waals surface area contributed by atoms with Gasteiger partial charge >= 0.3 is 6.03 Å². The van der Waals surface area contributed by atoms with Gasteiger partial charge in [0.2, 0.25) is 0 Å². The van der Waals surface area contributed by atoms with Crippen LogP contribution in [0.4, 0.5) is 15.5 Å². The van der Waals surface area contributed by atoms with Crippen LogP contribution in [0.1, 0.15) is 36.0 Å². The number of amides is 3. The highest BCUT2D eigenvalue weighted by Gasteiger charge is 2.28. The van der Waals surface area contributed by atoms with Crippen LogP contribution >= 0.6 is 11.3 Å². The molecule has 0 aliphatic carbocycles. The molecule has 1 fully saturated rings. The van der Waals surface area contributed by atoms with Crippen LogP contribution in [0.25, 0.3) is 0 Å². The Hall–Kier alpha value is -3.17. The number of anilines is 2. The first-order valence-corrected chi connectivity index (χ1v) is 13.7. The Kier molecular flexibility index (Phi) is 7.57. The van der Waals surface area contributed by atoms with Crippen molar-refractivity contribution < 1.29 is 18.5 Å². The lowest BCUT2D eigenvalue weighted by Crippen LogP contribution is -2.42. The smallest absolute Gasteiger partial charge is 0.324 e. The van der Waals surface area contributed by atoms with Crippen LogP contribution in [-0.4, -0.2) is 45.6 Å². The lowest BCUT2D eigenvalue weighted by molar-refractivity contribution is 0.0772. The molecule has 3 amide bonds. The van der Waals surface area contributed by atoms with Crippen molar-refractivity contribution in [3.63, 3.8) is 0 Å². The Bertz CT molecular complexity index is 1210. The molecule has 3 aromatic rings. The first-order valence-electron chi connectivity index (χ1n) is 11.4. The fraction of sp³-hybridized carbons (Fsp3) is 0.308. The molecule has 2 aromatic carbocycles. The largest absolute Gasteiger partial charge is 0.457 e. The minimum atomic E-state index is -0.873. The zero-order valence-electron chi connectivity index (χ0n) is 20.0. The molecule has 184 valence electrons. The van der Waals surface area contributed by atoms with Gasteiger partial charge < -0.3 is 15.0 Å². The number of rotatable bonds is 5. The minimum absolute atomic E-state index is 0.147. The Morgan fingerprint density at radius 1 is 0.943 bits per heavy atom. The zero-order chi connectivity index (χ0) is 25.0. The molecule has 0 spiro atoms. The summed E-state index contributed by atoms with van der Waals surface area (Å²) in [6.07, 6.45) is 0. The van der Waals surface area contributed by atoms with Crippen molar-refractivity contribution in [2.45, 2.75) is 26.2 Å². The molecule has 35 heavy (non-hydrogen) atoms. The van der Waals surface area contributed by atoms with E-state index < -0.39 is 16.8 Å². The van der Waals surface area contributed by atoms with Crippen LogP contribution in [-0.2, 0) is 16.2 Å². The van der Waals surface area contributed by atoms with Gasteiger partial charge in [0.05, 0.1) is 5.56 Å². The molecule has 0 radical (unpaired) electrons. The molecule has 0 atom stereocenters. The number of ether oxygens (including phenoxy) is 1. The van der Waals surface area contributed by atoms with Crippen LogP contribution in [0, 0.1) is 0 Å². The highest BCUT2D eigenvalue weighted by molar-refractivity contribution is 7.85. The summed E-state index contributed by atoms with van der Waals surface area (Å²) in [5, 5.41) is 6.19. The number of nitrogens with one attached hydrogen (secondary N) is 2. The summed E-state index contributed by atoms with van der Waals surface area (Å²) in [5.74, 6) is 2.21. The average molecular weight is 512 g/mol. The maximum absolute atomic E-state index is 13.2. The van der Waals surface area contributed by atoms with Crippen molar-refractivity contribution in [2.24, 2.45) is 0 Å². The van der Waals surface area contributed by atoms with Gasteiger partial charge in [-0.2, -0.15) is 0 Å². The van der Waals surface area contributed by atoms with Gasteiger partial charge in [-0.15, -0.1) is 11.3 Å². The maximum atomic E-state index is 13.2. The highest BCUT2D eigenvalue weighted by atomic mass is 32.2. The maximum Gasteiger partial charge on any atom is 0.324 e. The molecular formula is C26H29N3O4S2. The topological polar surface area (TPSA) is 87.7 Å². The van der Waals surface area contributed by atoms with Crippen molar-refractivity contribution in [3.05, 3.63) is 71.1 Å². The Labute approximate surface area is 211 Å². The number of carbonyl (C=O) groups is 2. The molecule has 2 heterocycles. The van der Waals surface area contributed by atoms with Gasteiger partial charge in [0, 0.05) is 46.0 Å². The molecule has 1 saturated heterocycles. The van der Waals surface area contributed by atoms with E-state index in [-0.39, 0.29) is 11.3 Å². The van der Waals surface area contributed by atoms with Gasteiger partial charge in [-0.3, -0.25) is 14.3 Å². The van der Waals surface area contributed by atoms with E-state index in [0.717, 1.165) is 10.6 Å². The average Bonchev–Trinajstić information content (AvgIpc) is 3.25. The van der Waals surface area contributed by atoms with E-state index in [2.05, 4.69) is 31.4 Å². The summed E-state index contributed by atoms with van der Waals surface area (Å²) in [4.78, 5) is 28.8. The lowest BCUT2D eigenvalue weighted by Gasteiger charge is -2.26.